The molecule has 0 fully saturated rings. The van der Waals surface area contributed by atoms with Crippen molar-refractivity contribution in [2.45, 2.75) is 0 Å². The van der Waals surface area contributed by atoms with E-state index < -0.39 is 0 Å². The molecule has 4 rings (SSSR count). The molecule has 0 aliphatic carbocycles. The minimum absolute atomic E-state index is 0.120. The third-order valence-corrected chi connectivity index (χ3v) is 4.33. The lowest BCUT2D eigenvalue weighted by atomic mass is 10.2. The molecule has 0 aliphatic heterocycles. The zero-order valence-corrected chi connectivity index (χ0v) is 14.6. The highest BCUT2D eigenvalue weighted by atomic mass is 35.5. The average molecular weight is 359 g/mol. The second kappa shape index (κ2) is 6.98. The Balaban J connectivity index is 1.97. The van der Waals surface area contributed by atoms with Crippen LogP contribution in [-0.2, 0) is 0 Å². The van der Waals surface area contributed by atoms with Crippen molar-refractivity contribution in [3.05, 3.63) is 106 Å². The SMILES string of the molecule is O=c1c2ccccc2nc(/C=C/c2ccccc2)n1-c1cccc(Cl)c1. The quantitative estimate of drug-likeness (QED) is 0.504. The van der Waals surface area contributed by atoms with Crippen LogP contribution in [0, 0.1) is 0 Å². The number of fused-ring (bicyclic) bond motifs is 1. The highest BCUT2D eigenvalue weighted by molar-refractivity contribution is 6.30. The molecule has 0 atom stereocenters. The van der Waals surface area contributed by atoms with Gasteiger partial charge in [0.2, 0.25) is 0 Å². The molecule has 0 saturated carbocycles. The highest BCUT2D eigenvalue weighted by Crippen LogP contribution is 2.18. The molecule has 0 unspecified atom stereocenters. The van der Waals surface area contributed by atoms with E-state index in [0.29, 0.717) is 27.4 Å². The normalized spacial score (nSPS) is 11.3. The van der Waals surface area contributed by atoms with E-state index in [1.54, 1.807) is 22.8 Å². The molecule has 1 heterocycles. The summed E-state index contributed by atoms with van der Waals surface area (Å²) < 4.78 is 1.59. The molecule has 3 aromatic carbocycles. The number of hydrogen-bond donors (Lipinski definition) is 0. The molecule has 3 nitrogen and oxygen atoms in total. The molecule has 0 radical (unpaired) electrons. The Morgan fingerprint density at radius 2 is 1.62 bits per heavy atom. The molecular weight excluding hydrogens is 344 g/mol. The lowest BCUT2D eigenvalue weighted by Gasteiger charge is -2.11. The summed E-state index contributed by atoms with van der Waals surface area (Å²) in [4.78, 5) is 17.8. The molecule has 1 aromatic heterocycles. The molecule has 26 heavy (non-hydrogen) atoms. The first-order chi connectivity index (χ1) is 12.7. The predicted molar refractivity (Wildman–Crippen MR) is 108 cm³/mol. The van der Waals surface area contributed by atoms with Gasteiger partial charge in [0.25, 0.3) is 5.56 Å². The monoisotopic (exact) mass is 358 g/mol. The van der Waals surface area contributed by atoms with Gasteiger partial charge < -0.3 is 0 Å². The molecular formula is C22H15ClN2O. The van der Waals surface area contributed by atoms with Gasteiger partial charge in [-0.25, -0.2) is 4.98 Å². The Morgan fingerprint density at radius 1 is 0.846 bits per heavy atom. The maximum atomic E-state index is 13.1. The van der Waals surface area contributed by atoms with Crippen molar-refractivity contribution in [2.75, 3.05) is 0 Å². The van der Waals surface area contributed by atoms with E-state index in [4.69, 9.17) is 16.6 Å². The van der Waals surface area contributed by atoms with Gasteiger partial charge >= 0.3 is 0 Å². The van der Waals surface area contributed by atoms with Crippen LogP contribution < -0.4 is 5.56 Å². The largest absolute Gasteiger partial charge is 0.268 e. The molecule has 0 bridgehead atoms. The zero-order chi connectivity index (χ0) is 17.9. The lowest BCUT2D eigenvalue weighted by molar-refractivity contribution is 0.944. The summed E-state index contributed by atoms with van der Waals surface area (Å²) in [5.41, 5.74) is 2.27. The minimum atomic E-state index is -0.120. The van der Waals surface area contributed by atoms with Gasteiger partial charge in [-0.2, -0.15) is 0 Å². The molecule has 0 N–H and O–H groups in total. The first-order valence-electron chi connectivity index (χ1n) is 8.23. The van der Waals surface area contributed by atoms with Gasteiger partial charge in [0, 0.05) is 5.02 Å². The number of aromatic nitrogens is 2. The van der Waals surface area contributed by atoms with E-state index in [1.165, 1.54) is 0 Å². The summed E-state index contributed by atoms with van der Waals surface area (Å²) in [6, 6.07) is 24.5. The van der Waals surface area contributed by atoms with Crippen LogP contribution in [0.5, 0.6) is 0 Å². The molecule has 4 aromatic rings. The van der Waals surface area contributed by atoms with Gasteiger partial charge in [0.1, 0.15) is 5.82 Å². The summed E-state index contributed by atoms with van der Waals surface area (Å²) in [6.07, 6.45) is 3.79. The van der Waals surface area contributed by atoms with Gasteiger partial charge in [0.05, 0.1) is 16.6 Å². The van der Waals surface area contributed by atoms with Gasteiger partial charge in [-0.15, -0.1) is 0 Å². The van der Waals surface area contributed by atoms with Crippen LogP contribution in [0.2, 0.25) is 5.02 Å². The van der Waals surface area contributed by atoms with Gasteiger partial charge in [-0.1, -0.05) is 66.2 Å². The van der Waals surface area contributed by atoms with Crippen LogP contribution in [0.25, 0.3) is 28.7 Å². The van der Waals surface area contributed by atoms with Crippen LogP contribution in [0.4, 0.5) is 0 Å². The van der Waals surface area contributed by atoms with E-state index in [9.17, 15) is 4.79 Å². The molecule has 0 amide bonds. The second-order valence-corrected chi connectivity index (χ2v) is 6.29. The molecule has 0 saturated heterocycles. The van der Waals surface area contributed by atoms with Crippen molar-refractivity contribution in [3.8, 4) is 5.69 Å². The van der Waals surface area contributed by atoms with E-state index in [2.05, 4.69) is 0 Å². The fourth-order valence-corrected chi connectivity index (χ4v) is 3.05. The van der Waals surface area contributed by atoms with E-state index in [0.717, 1.165) is 5.56 Å². The van der Waals surface area contributed by atoms with E-state index in [-0.39, 0.29) is 5.56 Å². The average Bonchev–Trinajstić information content (AvgIpc) is 2.67. The van der Waals surface area contributed by atoms with E-state index in [1.807, 2.05) is 72.8 Å². The third-order valence-electron chi connectivity index (χ3n) is 4.09. The van der Waals surface area contributed by atoms with Crippen molar-refractivity contribution in [1.82, 2.24) is 9.55 Å². The minimum Gasteiger partial charge on any atom is -0.268 e. The molecule has 4 heteroatoms. The van der Waals surface area contributed by atoms with Crippen molar-refractivity contribution < 1.29 is 0 Å². The van der Waals surface area contributed by atoms with Crippen LogP contribution >= 0.6 is 11.6 Å². The fourth-order valence-electron chi connectivity index (χ4n) is 2.86. The summed E-state index contributed by atoms with van der Waals surface area (Å²) in [5.74, 6) is 0.555. The standard InChI is InChI=1S/C22H15ClN2O/c23-17-9-6-10-18(15-17)25-21(14-13-16-7-2-1-3-8-16)24-20-12-5-4-11-19(20)22(25)26/h1-15H/b14-13+. The maximum absolute atomic E-state index is 13.1. The summed E-state index contributed by atoms with van der Waals surface area (Å²) in [7, 11) is 0. The number of nitrogens with zero attached hydrogens (tertiary/aromatic N) is 2. The van der Waals surface area contributed by atoms with Crippen molar-refractivity contribution in [1.29, 1.82) is 0 Å². The third kappa shape index (κ3) is 3.17. The molecule has 126 valence electrons. The Kier molecular flexibility index (Phi) is 4.38. The predicted octanol–water partition coefficient (Wildman–Crippen LogP) is 5.21. The second-order valence-electron chi connectivity index (χ2n) is 5.85. The maximum Gasteiger partial charge on any atom is 0.266 e. The van der Waals surface area contributed by atoms with Crippen LogP contribution in [0.15, 0.2) is 83.7 Å². The zero-order valence-electron chi connectivity index (χ0n) is 13.8. The van der Waals surface area contributed by atoms with Crippen LogP contribution in [0.1, 0.15) is 11.4 Å². The lowest BCUT2D eigenvalue weighted by Crippen LogP contribution is -2.22. The highest BCUT2D eigenvalue weighted by Gasteiger charge is 2.11. The number of para-hydroxylation sites is 1. The number of halogens is 1. The molecule has 0 aliphatic rings. The van der Waals surface area contributed by atoms with E-state index >= 15 is 0 Å². The van der Waals surface area contributed by atoms with Crippen molar-refractivity contribution in [2.24, 2.45) is 0 Å². The topological polar surface area (TPSA) is 34.9 Å². The number of rotatable bonds is 3. The smallest absolute Gasteiger partial charge is 0.266 e. The van der Waals surface area contributed by atoms with Gasteiger partial charge in [-0.3, -0.25) is 9.36 Å². The first-order valence-corrected chi connectivity index (χ1v) is 8.61. The van der Waals surface area contributed by atoms with Gasteiger partial charge in [0.15, 0.2) is 0 Å². The first kappa shape index (κ1) is 16.3. The summed E-state index contributed by atoms with van der Waals surface area (Å²) in [5, 5.41) is 1.14. The van der Waals surface area contributed by atoms with Crippen LogP contribution in [-0.4, -0.2) is 9.55 Å². The Hall–Kier alpha value is -3.17. The number of hydrogen-bond acceptors (Lipinski definition) is 2. The summed E-state index contributed by atoms with van der Waals surface area (Å²) in [6.45, 7) is 0. The summed E-state index contributed by atoms with van der Waals surface area (Å²) >= 11 is 6.14. The Bertz CT molecular complexity index is 1160. The van der Waals surface area contributed by atoms with Crippen molar-refractivity contribution in [3.63, 3.8) is 0 Å². The van der Waals surface area contributed by atoms with Gasteiger partial charge in [-0.05, 0) is 42.0 Å². The fraction of sp³-hybridized carbons (Fsp3) is 0. The Morgan fingerprint density at radius 3 is 2.42 bits per heavy atom. The number of benzene rings is 3. The van der Waals surface area contributed by atoms with Crippen LogP contribution in [0.3, 0.4) is 0 Å². The van der Waals surface area contributed by atoms with Crippen molar-refractivity contribution >= 4 is 34.7 Å². The Labute approximate surface area is 155 Å². The molecule has 0 spiro atoms.